The number of hydrogen-bond acceptors (Lipinski definition) is 7. The van der Waals surface area contributed by atoms with Crippen molar-refractivity contribution in [3.8, 4) is 16.3 Å². The lowest BCUT2D eigenvalue weighted by atomic mass is 10.1. The Kier molecular flexibility index (Phi) is 6.62. The average molecular weight is 495 g/mol. The second kappa shape index (κ2) is 9.62. The Morgan fingerprint density at radius 2 is 1.68 bits per heavy atom. The fourth-order valence-corrected chi connectivity index (χ4v) is 5.36. The SMILES string of the molecule is COc1ccc(-c2nnc(NC(=O)c3ccc(C)c(S(=O)(=O)Nc4ccccc4C)c3)s2)cc1. The topological polar surface area (TPSA) is 110 Å². The van der Waals surface area contributed by atoms with Gasteiger partial charge < -0.3 is 4.74 Å². The zero-order valence-electron chi connectivity index (χ0n) is 18.7. The summed E-state index contributed by atoms with van der Waals surface area (Å²) in [5.41, 5.74) is 2.83. The molecule has 4 rings (SSSR count). The molecule has 1 aromatic heterocycles. The van der Waals surface area contributed by atoms with Crippen molar-refractivity contribution in [2.45, 2.75) is 18.7 Å². The Balaban J connectivity index is 1.54. The summed E-state index contributed by atoms with van der Waals surface area (Å²) in [5, 5.41) is 11.8. The molecule has 0 bridgehead atoms. The van der Waals surface area contributed by atoms with Gasteiger partial charge in [-0.05, 0) is 67.4 Å². The molecule has 8 nitrogen and oxygen atoms in total. The van der Waals surface area contributed by atoms with Crippen molar-refractivity contribution in [2.24, 2.45) is 0 Å². The van der Waals surface area contributed by atoms with Crippen LogP contribution in [0.4, 0.5) is 10.8 Å². The molecule has 1 amide bonds. The number of sulfonamides is 1. The molecule has 0 aliphatic rings. The largest absolute Gasteiger partial charge is 0.497 e. The first-order valence-electron chi connectivity index (χ1n) is 10.3. The third kappa shape index (κ3) is 5.08. The van der Waals surface area contributed by atoms with Crippen LogP contribution in [0, 0.1) is 13.8 Å². The van der Waals surface area contributed by atoms with E-state index < -0.39 is 15.9 Å². The predicted octanol–water partition coefficient (Wildman–Crippen LogP) is 4.88. The molecule has 10 heteroatoms. The van der Waals surface area contributed by atoms with E-state index >= 15 is 0 Å². The highest BCUT2D eigenvalue weighted by molar-refractivity contribution is 7.92. The van der Waals surface area contributed by atoms with Crippen LogP contribution in [-0.4, -0.2) is 31.6 Å². The van der Waals surface area contributed by atoms with Gasteiger partial charge in [-0.25, -0.2) is 8.42 Å². The molecule has 1 heterocycles. The van der Waals surface area contributed by atoms with Crippen LogP contribution in [0.3, 0.4) is 0 Å². The van der Waals surface area contributed by atoms with Gasteiger partial charge in [-0.3, -0.25) is 14.8 Å². The van der Waals surface area contributed by atoms with Gasteiger partial charge >= 0.3 is 0 Å². The predicted molar refractivity (Wildman–Crippen MR) is 133 cm³/mol. The van der Waals surface area contributed by atoms with Gasteiger partial charge in [-0.1, -0.05) is 35.6 Å². The fourth-order valence-electron chi connectivity index (χ4n) is 3.21. The number of methoxy groups -OCH3 is 1. The monoisotopic (exact) mass is 494 g/mol. The van der Waals surface area contributed by atoms with Crippen molar-refractivity contribution < 1.29 is 17.9 Å². The summed E-state index contributed by atoms with van der Waals surface area (Å²) in [6.07, 6.45) is 0. The molecule has 174 valence electrons. The van der Waals surface area contributed by atoms with Crippen molar-refractivity contribution in [3.05, 3.63) is 83.4 Å². The van der Waals surface area contributed by atoms with Crippen molar-refractivity contribution in [1.82, 2.24) is 10.2 Å². The zero-order chi connectivity index (χ0) is 24.3. The first-order chi connectivity index (χ1) is 16.3. The Bertz CT molecular complexity index is 1450. The number of nitrogens with zero attached hydrogens (tertiary/aromatic N) is 2. The maximum Gasteiger partial charge on any atom is 0.262 e. The smallest absolute Gasteiger partial charge is 0.262 e. The standard InChI is InChI=1S/C24H22N4O4S2/c1-15-6-4-5-7-20(15)28-34(30,31)21-14-18(9-8-16(21)2)22(29)25-24-27-26-23(33-24)17-10-12-19(32-3)13-11-17/h4-14,28H,1-3H3,(H,25,27,29). The third-order valence-electron chi connectivity index (χ3n) is 5.11. The van der Waals surface area contributed by atoms with E-state index in [1.807, 2.05) is 43.3 Å². The van der Waals surface area contributed by atoms with Gasteiger partial charge in [0.15, 0.2) is 0 Å². The molecule has 0 atom stereocenters. The molecule has 0 saturated heterocycles. The van der Waals surface area contributed by atoms with Crippen LogP contribution in [0.1, 0.15) is 21.5 Å². The summed E-state index contributed by atoms with van der Waals surface area (Å²) in [5.74, 6) is 0.244. The van der Waals surface area contributed by atoms with Gasteiger partial charge in [0.05, 0.1) is 17.7 Å². The van der Waals surface area contributed by atoms with E-state index in [0.717, 1.165) is 16.9 Å². The number of benzene rings is 3. The summed E-state index contributed by atoms with van der Waals surface area (Å²) in [4.78, 5) is 12.9. The highest BCUT2D eigenvalue weighted by Crippen LogP contribution is 2.28. The molecule has 0 spiro atoms. The lowest BCUT2D eigenvalue weighted by Crippen LogP contribution is -2.17. The van der Waals surface area contributed by atoms with E-state index in [1.165, 1.54) is 17.4 Å². The van der Waals surface area contributed by atoms with E-state index in [0.29, 0.717) is 21.4 Å². The van der Waals surface area contributed by atoms with Crippen LogP contribution in [-0.2, 0) is 10.0 Å². The average Bonchev–Trinajstić information content (AvgIpc) is 3.29. The molecule has 0 aliphatic carbocycles. The van der Waals surface area contributed by atoms with Crippen LogP contribution >= 0.6 is 11.3 Å². The molecular formula is C24H22N4O4S2. The van der Waals surface area contributed by atoms with Crippen molar-refractivity contribution in [2.75, 3.05) is 17.1 Å². The molecule has 0 radical (unpaired) electrons. The summed E-state index contributed by atoms with van der Waals surface area (Å²) in [6, 6.07) is 18.9. The second-order valence-electron chi connectivity index (χ2n) is 7.50. The van der Waals surface area contributed by atoms with E-state index in [4.69, 9.17) is 4.74 Å². The maximum absolute atomic E-state index is 13.0. The summed E-state index contributed by atoms with van der Waals surface area (Å²) in [6.45, 7) is 3.50. The van der Waals surface area contributed by atoms with Gasteiger partial charge in [-0.2, -0.15) is 0 Å². The molecular weight excluding hydrogens is 472 g/mol. The first-order valence-corrected chi connectivity index (χ1v) is 12.5. The number of carbonyl (C=O) groups is 1. The Morgan fingerprint density at radius 1 is 0.941 bits per heavy atom. The summed E-state index contributed by atoms with van der Waals surface area (Å²) in [7, 11) is -2.31. The number of para-hydroxylation sites is 1. The van der Waals surface area contributed by atoms with Crippen molar-refractivity contribution >= 4 is 38.1 Å². The van der Waals surface area contributed by atoms with Crippen LogP contribution < -0.4 is 14.8 Å². The summed E-state index contributed by atoms with van der Waals surface area (Å²) < 4.78 is 33.8. The Morgan fingerprint density at radius 3 is 2.38 bits per heavy atom. The number of anilines is 2. The van der Waals surface area contributed by atoms with Gasteiger partial charge in [0.2, 0.25) is 5.13 Å². The number of aromatic nitrogens is 2. The third-order valence-corrected chi connectivity index (χ3v) is 7.51. The number of carbonyl (C=O) groups excluding carboxylic acids is 1. The molecule has 0 aliphatic heterocycles. The van der Waals surface area contributed by atoms with E-state index in [-0.39, 0.29) is 10.5 Å². The number of ether oxygens (including phenoxy) is 1. The lowest BCUT2D eigenvalue weighted by Gasteiger charge is -2.13. The van der Waals surface area contributed by atoms with Gasteiger partial charge in [0.1, 0.15) is 10.8 Å². The Hall–Kier alpha value is -3.76. The Labute approximate surface area is 201 Å². The normalized spacial score (nSPS) is 11.1. The van der Waals surface area contributed by atoms with Gasteiger partial charge in [-0.15, -0.1) is 10.2 Å². The van der Waals surface area contributed by atoms with E-state index in [9.17, 15) is 13.2 Å². The van der Waals surface area contributed by atoms with Gasteiger partial charge in [0, 0.05) is 11.1 Å². The first kappa shape index (κ1) is 23.4. The number of rotatable bonds is 7. The molecule has 2 N–H and O–H groups in total. The van der Waals surface area contributed by atoms with Crippen LogP contribution in [0.25, 0.3) is 10.6 Å². The van der Waals surface area contributed by atoms with Crippen LogP contribution in [0.5, 0.6) is 5.75 Å². The van der Waals surface area contributed by atoms with Crippen molar-refractivity contribution in [3.63, 3.8) is 0 Å². The van der Waals surface area contributed by atoms with Crippen molar-refractivity contribution in [1.29, 1.82) is 0 Å². The zero-order valence-corrected chi connectivity index (χ0v) is 20.3. The fraction of sp³-hybridized carbons (Fsp3) is 0.125. The highest BCUT2D eigenvalue weighted by Gasteiger charge is 2.21. The van der Waals surface area contributed by atoms with Gasteiger partial charge in [0.25, 0.3) is 15.9 Å². The maximum atomic E-state index is 13.0. The van der Waals surface area contributed by atoms with Crippen LogP contribution in [0.15, 0.2) is 71.6 Å². The second-order valence-corrected chi connectivity index (χ2v) is 10.1. The number of amides is 1. The molecule has 34 heavy (non-hydrogen) atoms. The molecule has 4 aromatic rings. The molecule has 0 unspecified atom stereocenters. The van der Waals surface area contributed by atoms with E-state index in [2.05, 4.69) is 20.2 Å². The molecule has 3 aromatic carbocycles. The minimum atomic E-state index is -3.90. The lowest BCUT2D eigenvalue weighted by molar-refractivity contribution is 0.102. The molecule has 0 saturated carbocycles. The minimum absolute atomic E-state index is 0.0274. The summed E-state index contributed by atoms with van der Waals surface area (Å²) >= 11 is 1.21. The highest BCUT2D eigenvalue weighted by atomic mass is 32.2. The quantitative estimate of drug-likeness (QED) is 0.379. The number of hydrogen-bond donors (Lipinski definition) is 2. The van der Waals surface area contributed by atoms with E-state index in [1.54, 1.807) is 38.3 Å². The minimum Gasteiger partial charge on any atom is -0.497 e. The molecule has 0 fully saturated rings. The van der Waals surface area contributed by atoms with Crippen LogP contribution in [0.2, 0.25) is 0 Å². The number of nitrogens with one attached hydrogen (secondary N) is 2. The number of aryl methyl sites for hydroxylation is 2.